The van der Waals surface area contributed by atoms with Gasteiger partial charge in [0.15, 0.2) is 0 Å². The average Bonchev–Trinajstić information content (AvgIpc) is 2.16. The zero-order valence-electron chi connectivity index (χ0n) is 10.6. The van der Waals surface area contributed by atoms with Crippen molar-refractivity contribution >= 4 is 0 Å². The number of rotatable bonds is 0. The molecule has 0 fully saturated rings. The lowest BCUT2D eigenvalue weighted by Gasteiger charge is -2.36. The third-order valence-corrected chi connectivity index (χ3v) is 4.13. The summed E-state index contributed by atoms with van der Waals surface area (Å²) < 4.78 is 0. The Balaban J connectivity index is 2.63. The zero-order valence-corrected chi connectivity index (χ0v) is 10.6. The molecule has 0 saturated carbocycles. The fourth-order valence-electron chi connectivity index (χ4n) is 2.70. The molecule has 0 aliphatic heterocycles. The Bertz CT molecular complexity index is 385. The van der Waals surface area contributed by atoms with Crippen LogP contribution in [0.25, 0.3) is 0 Å². The molecular formula is C15H22. The van der Waals surface area contributed by atoms with Crippen molar-refractivity contribution < 1.29 is 0 Å². The predicted molar refractivity (Wildman–Crippen MR) is 66.6 cm³/mol. The quantitative estimate of drug-likeness (QED) is 0.582. The van der Waals surface area contributed by atoms with Crippen molar-refractivity contribution in [2.45, 2.75) is 58.8 Å². The van der Waals surface area contributed by atoms with Crippen molar-refractivity contribution in [3.8, 4) is 0 Å². The first-order valence-corrected chi connectivity index (χ1v) is 6.03. The molecule has 1 aliphatic rings. The number of benzene rings is 1. The summed E-state index contributed by atoms with van der Waals surface area (Å²) in [7, 11) is 0. The van der Waals surface area contributed by atoms with Crippen molar-refractivity contribution in [3.05, 3.63) is 34.4 Å². The maximum absolute atomic E-state index is 2.42. The van der Waals surface area contributed by atoms with Gasteiger partial charge in [-0.15, -0.1) is 0 Å². The molecule has 0 bridgehead atoms. The van der Waals surface area contributed by atoms with Gasteiger partial charge >= 0.3 is 0 Å². The Hall–Kier alpha value is -0.780. The minimum atomic E-state index is 0.375. The molecule has 0 amide bonds. The molecule has 1 aliphatic carbocycles. The van der Waals surface area contributed by atoms with E-state index in [4.69, 9.17) is 0 Å². The van der Waals surface area contributed by atoms with Gasteiger partial charge in [0.25, 0.3) is 0 Å². The third kappa shape index (κ3) is 1.71. The molecule has 0 radical (unpaired) electrons. The van der Waals surface area contributed by atoms with Crippen LogP contribution in [0.3, 0.4) is 0 Å². The lowest BCUT2D eigenvalue weighted by atomic mass is 9.68. The highest BCUT2D eigenvalue weighted by molar-refractivity contribution is 5.44. The van der Waals surface area contributed by atoms with Crippen LogP contribution in [0.4, 0.5) is 0 Å². The molecule has 1 aromatic rings. The van der Waals surface area contributed by atoms with Gasteiger partial charge in [-0.3, -0.25) is 0 Å². The van der Waals surface area contributed by atoms with Crippen LogP contribution in [0.1, 0.15) is 61.8 Å². The van der Waals surface area contributed by atoms with E-state index in [-0.39, 0.29) is 0 Å². The van der Waals surface area contributed by atoms with Crippen LogP contribution in [-0.2, 0) is 5.41 Å². The second-order valence-corrected chi connectivity index (χ2v) is 5.85. The Labute approximate surface area is 93.7 Å². The lowest BCUT2D eigenvalue weighted by molar-refractivity contribution is 0.402. The second-order valence-electron chi connectivity index (χ2n) is 5.85. The monoisotopic (exact) mass is 202 g/mol. The summed E-state index contributed by atoms with van der Waals surface area (Å²) in [5, 5.41) is 0. The molecule has 2 rings (SSSR count). The molecule has 1 unspecified atom stereocenters. The SMILES string of the molecule is Cc1cc2c(cc1C)C(C)(C)CCC2C. The van der Waals surface area contributed by atoms with Gasteiger partial charge in [-0.05, 0) is 60.3 Å². The maximum Gasteiger partial charge on any atom is -0.0100 e. The lowest BCUT2D eigenvalue weighted by Crippen LogP contribution is -2.25. The first-order valence-electron chi connectivity index (χ1n) is 6.03. The molecule has 15 heavy (non-hydrogen) atoms. The molecule has 0 nitrogen and oxygen atoms in total. The van der Waals surface area contributed by atoms with E-state index < -0.39 is 0 Å². The van der Waals surface area contributed by atoms with Crippen molar-refractivity contribution in [2.24, 2.45) is 0 Å². The number of aryl methyl sites for hydroxylation is 2. The van der Waals surface area contributed by atoms with Gasteiger partial charge in [0, 0.05) is 0 Å². The van der Waals surface area contributed by atoms with E-state index in [9.17, 15) is 0 Å². The minimum Gasteiger partial charge on any atom is -0.0584 e. The summed E-state index contributed by atoms with van der Waals surface area (Å²) in [5.41, 5.74) is 6.44. The van der Waals surface area contributed by atoms with Crippen LogP contribution in [-0.4, -0.2) is 0 Å². The number of hydrogen-bond donors (Lipinski definition) is 0. The minimum absolute atomic E-state index is 0.375. The highest BCUT2D eigenvalue weighted by atomic mass is 14.3. The number of hydrogen-bond acceptors (Lipinski definition) is 0. The van der Waals surface area contributed by atoms with Crippen LogP contribution < -0.4 is 0 Å². The highest BCUT2D eigenvalue weighted by Gasteiger charge is 2.30. The molecule has 1 aromatic carbocycles. The molecule has 0 heterocycles. The van der Waals surface area contributed by atoms with E-state index >= 15 is 0 Å². The fraction of sp³-hybridized carbons (Fsp3) is 0.600. The predicted octanol–water partition coefficient (Wildman–Crippen LogP) is 4.48. The van der Waals surface area contributed by atoms with Gasteiger partial charge in [-0.25, -0.2) is 0 Å². The summed E-state index contributed by atoms with van der Waals surface area (Å²) in [6, 6.07) is 4.83. The Kier molecular flexibility index (Phi) is 2.41. The van der Waals surface area contributed by atoms with Gasteiger partial charge in [-0.2, -0.15) is 0 Å². The molecule has 1 atom stereocenters. The van der Waals surface area contributed by atoms with E-state index in [1.54, 1.807) is 11.1 Å². The Morgan fingerprint density at radius 3 is 2.40 bits per heavy atom. The second kappa shape index (κ2) is 3.37. The first kappa shape index (κ1) is 10.7. The highest BCUT2D eigenvalue weighted by Crippen LogP contribution is 2.43. The maximum atomic E-state index is 2.42. The topological polar surface area (TPSA) is 0 Å². The summed E-state index contributed by atoms with van der Waals surface area (Å²) in [6.07, 6.45) is 2.66. The van der Waals surface area contributed by atoms with Crippen LogP contribution in [0.15, 0.2) is 12.1 Å². The molecule has 0 aromatic heterocycles. The van der Waals surface area contributed by atoms with E-state index in [1.807, 2.05) is 0 Å². The van der Waals surface area contributed by atoms with Crippen molar-refractivity contribution in [3.63, 3.8) is 0 Å². The average molecular weight is 202 g/mol. The van der Waals surface area contributed by atoms with Gasteiger partial charge < -0.3 is 0 Å². The fourth-order valence-corrected chi connectivity index (χ4v) is 2.70. The third-order valence-electron chi connectivity index (χ3n) is 4.13. The van der Waals surface area contributed by atoms with E-state index in [1.165, 1.54) is 24.0 Å². The molecule has 0 saturated heterocycles. The molecular weight excluding hydrogens is 180 g/mol. The van der Waals surface area contributed by atoms with Crippen LogP contribution in [0, 0.1) is 13.8 Å². The van der Waals surface area contributed by atoms with Gasteiger partial charge in [0.05, 0.1) is 0 Å². The molecule has 0 heteroatoms. The summed E-state index contributed by atoms with van der Waals surface area (Å²) in [6.45, 7) is 11.6. The Morgan fingerprint density at radius 2 is 1.73 bits per heavy atom. The largest absolute Gasteiger partial charge is 0.0584 e. The zero-order chi connectivity index (χ0) is 11.2. The van der Waals surface area contributed by atoms with Gasteiger partial charge in [-0.1, -0.05) is 32.9 Å². The number of fused-ring (bicyclic) bond motifs is 1. The molecule has 0 spiro atoms. The van der Waals surface area contributed by atoms with E-state index in [0.717, 1.165) is 5.92 Å². The van der Waals surface area contributed by atoms with E-state index in [0.29, 0.717) is 5.41 Å². The summed E-state index contributed by atoms with van der Waals surface area (Å²) in [5.74, 6) is 0.743. The normalized spacial score (nSPS) is 23.7. The smallest absolute Gasteiger partial charge is 0.0100 e. The summed E-state index contributed by atoms with van der Waals surface area (Å²) >= 11 is 0. The van der Waals surface area contributed by atoms with Crippen LogP contribution in [0.5, 0.6) is 0 Å². The van der Waals surface area contributed by atoms with Gasteiger partial charge in [0.2, 0.25) is 0 Å². The van der Waals surface area contributed by atoms with Crippen molar-refractivity contribution in [1.29, 1.82) is 0 Å². The first-order chi connectivity index (χ1) is 6.92. The summed E-state index contributed by atoms with van der Waals surface area (Å²) in [4.78, 5) is 0. The molecule has 0 N–H and O–H groups in total. The van der Waals surface area contributed by atoms with Crippen molar-refractivity contribution in [1.82, 2.24) is 0 Å². The van der Waals surface area contributed by atoms with Crippen LogP contribution >= 0.6 is 0 Å². The van der Waals surface area contributed by atoms with Gasteiger partial charge in [0.1, 0.15) is 0 Å². The van der Waals surface area contributed by atoms with Crippen molar-refractivity contribution in [2.75, 3.05) is 0 Å². The van der Waals surface area contributed by atoms with E-state index in [2.05, 4.69) is 46.8 Å². The molecule has 82 valence electrons. The Morgan fingerprint density at radius 1 is 1.13 bits per heavy atom. The van der Waals surface area contributed by atoms with Crippen LogP contribution in [0.2, 0.25) is 0 Å². The standard InChI is InChI=1S/C15H22/c1-10-6-7-15(4,5)14-9-12(3)11(2)8-13(10)14/h8-10H,6-7H2,1-5H3.